The number of amides is 1. The summed E-state index contributed by atoms with van der Waals surface area (Å²) in [7, 11) is 0. The summed E-state index contributed by atoms with van der Waals surface area (Å²) in [5, 5.41) is 3.70. The number of rotatable bonds is 5. The number of aromatic nitrogens is 3. The van der Waals surface area contributed by atoms with Crippen molar-refractivity contribution in [3.05, 3.63) is 46.7 Å². The van der Waals surface area contributed by atoms with Crippen molar-refractivity contribution in [3.63, 3.8) is 0 Å². The molecular weight excluding hydrogens is 328 g/mol. The van der Waals surface area contributed by atoms with Crippen LogP contribution in [0.1, 0.15) is 52.4 Å². The molecule has 0 aliphatic carbocycles. The average Bonchev–Trinajstić information content (AvgIpc) is 3.05. The van der Waals surface area contributed by atoms with Crippen LogP contribution in [0.4, 0.5) is 5.82 Å². The summed E-state index contributed by atoms with van der Waals surface area (Å²) < 4.78 is 0. The van der Waals surface area contributed by atoms with Gasteiger partial charge in [-0.15, -0.1) is 0 Å². The molecule has 3 N–H and O–H groups in total. The number of anilines is 1. The van der Waals surface area contributed by atoms with E-state index in [9.17, 15) is 4.79 Å². The van der Waals surface area contributed by atoms with Crippen molar-refractivity contribution >= 4 is 11.7 Å². The van der Waals surface area contributed by atoms with E-state index >= 15 is 0 Å². The van der Waals surface area contributed by atoms with Crippen molar-refractivity contribution in [1.29, 1.82) is 0 Å². The standard InChI is InChI=1S/C19H26N6O/c1-11-9-21-7-5-16(11)14(4)22-15-6-8-25(10-15)19-12(2)13(3)23-18(24-19)17(20)26/h5,7,9,14-15,22H,6,8,10H2,1-4H3,(H2,20,26)/t14?,15-/m1/s1. The molecule has 7 heteroatoms. The molecule has 2 aromatic rings. The molecule has 1 amide bonds. The molecule has 1 saturated heterocycles. The van der Waals surface area contributed by atoms with E-state index in [4.69, 9.17) is 5.73 Å². The summed E-state index contributed by atoms with van der Waals surface area (Å²) in [6.45, 7) is 9.85. The molecule has 1 fully saturated rings. The van der Waals surface area contributed by atoms with Gasteiger partial charge < -0.3 is 16.0 Å². The normalized spacial score (nSPS) is 18.2. The summed E-state index contributed by atoms with van der Waals surface area (Å²) in [5.41, 5.74) is 9.62. The molecule has 0 aromatic carbocycles. The van der Waals surface area contributed by atoms with E-state index in [0.717, 1.165) is 36.6 Å². The van der Waals surface area contributed by atoms with Gasteiger partial charge in [-0.3, -0.25) is 9.78 Å². The van der Waals surface area contributed by atoms with Crippen molar-refractivity contribution in [2.45, 2.75) is 46.2 Å². The van der Waals surface area contributed by atoms with Gasteiger partial charge in [0.05, 0.1) is 0 Å². The summed E-state index contributed by atoms with van der Waals surface area (Å²) >= 11 is 0. The van der Waals surface area contributed by atoms with E-state index in [1.54, 1.807) is 0 Å². The average molecular weight is 354 g/mol. The highest BCUT2D eigenvalue weighted by molar-refractivity contribution is 5.89. The Hall–Kier alpha value is -2.54. The predicted molar refractivity (Wildman–Crippen MR) is 101 cm³/mol. The lowest BCUT2D eigenvalue weighted by Crippen LogP contribution is -2.35. The highest BCUT2D eigenvalue weighted by atomic mass is 16.1. The van der Waals surface area contributed by atoms with Gasteiger partial charge in [-0.25, -0.2) is 9.97 Å². The number of carbonyl (C=O) groups is 1. The molecule has 3 heterocycles. The first-order valence-corrected chi connectivity index (χ1v) is 8.93. The van der Waals surface area contributed by atoms with E-state index in [-0.39, 0.29) is 11.9 Å². The Kier molecular flexibility index (Phi) is 5.18. The summed E-state index contributed by atoms with van der Waals surface area (Å²) in [6, 6.07) is 2.66. The first kappa shape index (κ1) is 18.3. The largest absolute Gasteiger partial charge is 0.363 e. The Balaban J connectivity index is 1.73. The van der Waals surface area contributed by atoms with Gasteiger partial charge in [0.2, 0.25) is 5.82 Å². The molecule has 0 saturated carbocycles. The lowest BCUT2D eigenvalue weighted by atomic mass is 10.0. The third-order valence-electron chi connectivity index (χ3n) is 5.09. The molecule has 1 aliphatic heterocycles. The quantitative estimate of drug-likeness (QED) is 0.850. The van der Waals surface area contributed by atoms with Crippen molar-refractivity contribution < 1.29 is 4.79 Å². The lowest BCUT2D eigenvalue weighted by Gasteiger charge is -2.23. The third-order valence-corrected chi connectivity index (χ3v) is 5.09. The van der Waals surface area contributed by atoms with Crippen LogP contribution in [-0.4, -0.2) is 40.0 Å². The fraction of sp³-hybridized carbons (Fsp3) is 0.474. The van der Waals surface area contributed by atoms with Gasteiger partial charge in [0.25, 0.3) is 5.91 Å². The van der Waals surface area contributed by atoms with Crippen LogP contribution in [0.25, 0.3) is 0 Å². The summed E-state index contributed by atoms with van der Waals surface area (Å²) in [4.78, 5) is 26.5. The number of nitrogens with zero attached hydrogens (tertiary/aromatic N) is 4. The molecule has 1 aliphatic rings. The van der Waals surface area contributed by atoms with Gasteiger partial charge in [0.1, 0.15) is 5.82 Å². The highest BCUT2D eigenvalue weighted by Gasteiger charge is 2.27. The molecule has 2 aromatic heterocycles. The minimum Gasteiger partial charge on any atom is -0.363 e. The summed E-state index contributed by atoms with van der Waals surface area (Å²) in [6.07, 6.45) is 4.75. The van der Waals surface area contributed by atoms with E-state index in [1.807, 2.05) is 26.2 Å². The van der Waals surface area contributed by atoms with E-state index < -0.39 is 5.91 Å². The van der Waals surface area contributed by atoms with Crippen LogP contribution in [-0.2, 0) is 0 Å². The van der Waals surface area contributed by atoms with Gasteiger partial charge in [0, 0.05) is 48.8 Å². The Morgan fingerprint density at radius 2 is 2.12 bits per heavy atom. The smallest absolute Gasteiger partial charge is 0.286 e. The molecule has 0 radical (unpaired) electrons. The van der Waals surface area contributed by atoms with E-state index in [2.05, 4.69) is 45.1 Å². The number of hydrogen-bond donors (Lipinski definition) is 2. The number of carbonyl (C=O) groups excluding carboxylic acids is 1. The number of nitrogens with two attached hydrogens (primary N) is 1. The van der Waals surface area contributed by atoms with E-state index in [1.165, 1.54) is 11.1 Å². The Morgan fingerprint density at radius 1 is 1.35 bits per heavy atom. The van der Waals surface area contributed by atoms with Crippen LogP contribution in [0.5, 0.6) is 0 Å². The molecule has 2 atom stereocenters. The zero-order chi connectivity index (χ0) is 18.8. The maximum atomic E-state index is 11.5. The third kappa shape index (κ3) is 3.67. The van der Waals surface area contributed by atoms with Gasteiger partial charge in [-0.2, -0.15) is 0 Å². The summed E-state index contributed by atoms with van der Waals surface area (Å²) in [5.74, 6) is 0.300. The molecule has 3 rings (SSSR count). The second-order valence-corrected chi connectivity index (χ2v) is 7.00. The fourth-order valence-electron chi connectivity index (χ4n) is 3.53. The molecule has 0 spiro atoms. The molecule has 26 heavy (non-hydrogen) atoms. The SMILES string of the molecule is Cc1cnccc1C(C)N[C@@H]1CCN(c2nc(C(N)=O)nc(C)c2C)C1. The Morgan fingerprint density at radius 3 is 2.81 bits per heavy atom. The van der Waals surface area contributed by atoms with Crippen LogP contribution in [0.3, 0.4) is 0 Å². The molecular formula is C19H26N6O. The highest BCUT2D eigenvalue weighted by Crippen LogP contribution is 2.25. The van der Waals surface area contributed by atoms with Crippen LogP contribution in [0.15, 0.2) is 18.5 Å². The molecule has 1 unspecified atom stereocenters. The number of nitrogens with one attached hydrogen (secondary N) is 1. The maximum Gasteiger partial charge on any atom is 0.286 e. The zero-order valence-corrected chi connectivity index (χ0v) is 15.8. The molecule has 0 bridgehead atoms. The zero-order valence-electron chi connectivity index (χ0n) is 15.8. The fourth-order valence-corrected chi connectivity index (χ4v) is 3.53. The number of pyridine rings is 1. The molecule has 138 valence electrons. The van der Waals surface area contributed by atoms with Crippen molar-refractivity contribution in [2.75, 3.05) is 18.0 Å². The van der Waals surface area contributed by atoms with Crippen LogP contribution in [0.2, 0.25) is 0 Å². The first-order chi connectivity index (χ1) is 12.4. The Bertz CT molecular complexity index is 822. The topological polar surface area (TPSA) is 97.0 Å². The van der Waals surface area contributed by atoms with Crippen LogP contribution >= 0.6 is 0 Å². The van der Waals surface area contributed by atoms with Crippen molar-refractivity contribution in [1.82, 2.24) is 20.3 Å². The predicted octanol–water partition coefficient (Wildman–Crippen LogP) is 1.83. The minimum absolute atomic E-state index is 0.0836. The Labute approximate surface area is 154 Å². The van der Waals surface area contributed by atoms with Crippen LogP contribution < -0.4 is 16.0 Å². The maximum absolute atomic E-state index is 11.5. The minimum atomic E-state index is -0.593. The van der Waals surface area contributed by atoms with Crippen molar-refractivity contribution in [2.24, 2.45) is 5.73 Å². The van der Waals surface area contributed by atoms with Gasteiger partial charge in [0.15, 0.2) is 0 Å². The van der Waals surface area contributed by atoms with Gasteiger partial charge >= 0.3 is 0 Å². The van der Waals surface area contributed by atoms with Gasteiger partial charge in [-0.05, 0) is 51.3 Å². The number of aryl methyl sites for hydroxylation is 2. The van der Waals surface area contributed by atoms with Gasteiger partial charge in [-0.1, -0.05) is 0 Å². The first-order valence-electron chi connectivity index (χ1n) is 8.93. The lowest BCUT2D eigenvalue weighted by molar-refractivity contribution is 0.0990. The van der Waals surface area contributed by atoms with Crippen LogP contribution in [0, 0.1) is 20.8 Å². The monoisotopic (exact) mass is 354 g/mol. The molecule has 7 nitrogen and oxygen atoms in total. The number of hydrogen-bond acceptors (Lipinski definition) is 6. The van der Waals surface area contributed by atoms with Crippen molar-refractivity contribution in [3.8, 4) is 0 Å². The van der Waals surface area contributed by atoms with E-state index in [0.29, 0.717) is 6.04 Å². The second-order valence-electron chi connectivity index (χ2n) is 7.00. The second kappa shape index (κ2) is 7.37. The number of primary amides is 1.